The van der Waals surface area contributed by atoms with E-state index in [1.165, 1.54) is 0 Å². The first-order valence-corrected chi connectivity index (χ1v) is 17.7. The van der Waals surface area contributed by atoms with E-state index in [9.17, 15) is 24.0 Å². The number of ketones is 1. The van der Waals surface area contributed by atoms with E-state index in [1.54, 1.807) is 67.6 Å². The molecule has 0 aliphatic carbocycles. The van der Waals surface area contributed by atoms with Gasteiger partial charge in [-0.1, -0.05) is 88.4 Å². The molecular formula is C40H57N5O7. The topological polar surface area (TPSA) is 158 Å². The summed E-state index contributed by atoms with van der Waals surface area (Å²) in [4.78, 5) is 69.4. The first kappa shape index (κ1) is 30.3. The third kappa shape index (κ3) is 13.1. The van der Waals surface area contributed by atoms with Gasteiger partial charge in [0.1, 0.15) is 23.7 Å². The molecule has 0 unspecified atom stereocenters. The molecule has 5 atom stereocenters. The van der Waals surface area contributed by atoms with Gasteiger partial charge < -0.3 is 30.7 Å². The van der Waals surface area contributed by atoms with E-state index in [0.29, 0.717) is 12.0 Å². The number of aryl methyl sites for hydroxylation is 1. The number of rotatable bonds is 20. The summed E-state index contributed by atoms with van der Waals surface area (Å²) in [5, 5.41) is 10.8. The lowest BCUT2D eigenvalue weighted by atomic mass is 9.93. The molecule has 0 bridgehead atoms. The lowest BCUT2D eigenvalue weighted by Gasteiger charge is -2.29. The lowest BCUT2D eigenvalue weighted by Crippen LogP contribution is -2.59. The summed E-state index contributed by atoms with van der Waals surface area (Å²) in [7, 11) is 0. The standard InChI is InChI=1S/C40H57N5O7/c1-27(2)22-32(36(47)40(5)26-52-40)42-39(50)34(24-30-14-10-7-11-15-30)44-38(49)33(23-28(3)4)43-37(48)31(17-16-29-12-8-6-9-13-29)41-35(46)25-45-18-20-51-21-19-45/h6-15,27-28,31-34H,16-26H2,1-5H3,(H,41,46)(H,42,50)(H,43,48)(H,44,49)/t31-,32+,33+,34+,40-/m1/s1/i18D2,19D2,20D2,21D2. The van der Waals surface area contributed by atoms with Crippen molar-refractivity contribution in [3.63, 3.8) is 0 Å². The highest BCUT2D eigenvalue weighted by Gasteiger charge is 2.50. The summed E-state index contributed by atoms with van der Waals surface area (Å²) in [5.74, 6) is -3.70. The highest BCUT2D eigenvalue weighted by Crippen LogP contribution is 2.29. The zero-order valence-corrected chi connectivity index (χ0v) is 30.5. The van der Waals surface area contributed by atoms with Crippen molar-refractivity contribution < 1.29 is 44.4 Å². The SMILES string of the molecule is [2H]C1([2H])OC([2H])([2H])C([2H])([2H])N(CC(=O)N[C@H](CCc2ccccc2)C(=O)N[C@@H](CC(C)C)C(=O)N[C@@H](Cc2ccccc2)C(=O)N[C@@H](CC(C)C)C(=O)[C@@]2(C)CO2)C1([2H])[2H]. The van der Waals surface area contributed by atoms with E-state index in [4.69, 9.17) is 15.7 Å². The third-order valence-corrected chi connectivity index (χ3v) is 8.68. The zero-order valence-electron chi connectivity index (χ0n) is 38.5. The summed E-state index contributed by atoms with van der Waals surface area (Å²) in [6, 6.07) is 13.1. The van der Waals surface area contributed by atoms with Gasteiger partial charge in [-0.25, -0.2) is 0 Å². The van der Waals surface area contributed by atoms with Crippen molar-refractivity contribution >= 4 is 29.4 Å². The maximum absolute atomic E-state index is 14.2. The van der Waals surface area contributed by atoms with Crippen molar-refractivity contribution in [2.75, 3.05) is 39.3 Å². The van der Waals surface area contributed by atoms with E-state index in [0.717, 1.165) is 5.56 Å². The normalized spacial score (nSPS) is 25.8. The molecule has 0 aromatic heterocycles. The van der Waals surface area contributed by atoms with Gasteiger partial charge in [-0.3, -0.25) is 28.9 Å². The number of morpholine rings is 1. The van der Waals surface area contributed by atoms with E-state index >= 15 is 0 Å². The quantitative estimate of drug-likeness (QED) is 0.152. The summed E-state index contributed by atoms with van der Waals surface area (Å²) in [5.41, 5.74) is 0.491. The smallest absolute Gasteiger partial charge is 0.243 e. The number of hydrogen-bond donors (Lipinski definition) is 4. The largest absolute Gasteiger partial charge is 0.379 e. The van der Waals surface area contributed by atoms with Gasteiger partial charge in [0.15, 0.2) is 5.78 Å². The molecule has 12 nitrogen and oxygen atoms in total. The molecule has 4 rings (SSSR count). The molecule has 2 heterocycles. The first-order chi connectivity index (χ1) is 27.8. The van der Waals surface area contributed by atoms with Gasteiger partial charge in [0.05, 0.1) is 37.8 Å². The fourth-order valence-electron chi connectivity index (χ4n) is 5.80. The highest BCUT2D eigenvalue weighted by molar-refractivity contribution is 5.98. The Morgan fingerprint density at radius 3 is 1.81 bits per heavy atom. The number of carbonyl (C=O) groups excluding carboxylic acids is 5. The Kier molecular flexibility index (Phi) is 11.5. The fourth-order valence-corrected chi connectivity index (χ4v) is 5.80. The number of nitrogens with zero attached hydrogens (tertiary/aromatic N) is 1. The van der Waals surface area contributed by atoms with Gasteiger partial charge in [-0.15, -0.1) is 0 Å². The average Bonchev–Trinajstić information content (AvgIpc) is 3.91. The van der Waals surface area contributed by atoms with Gasteiger partial charge in [0.2, 0.25) is 23.6 Å². The summed E-state index contributed by atoms with van der Waals surface area (Å²) < 4.78 is 74.9. The molecule has 2 aliphatic heterocycles. The Bertz CT molecular complexity index is 1810. The molecule has 0 radical (unpaired) electrons. The number of hydrogen-bond acceptors (Lipinski definition) is 8. The molecule has 12 heteroatoms. The van der Waals surface area contributed by atoms with Crippen LogP contribution in [-0.2, 0) is 46.3 Å². The molecule has 4 N–H and O–H groups in total. The Labute approximate surface area is 319 Å². The minimum absolute atomic E-state index is 0.0364. The van der Waals surface area contributed by atoms with E-state index in [-0.39, 0.29) is 54.8 Å². The molecule has 0 spiro atoms. The molecule has 0 saturated carbocycles. The van der Waals surface area contributed by atoms with Crippen LogP contribution in [0.15, 0.2) is 60.7 Å². The maximum atomic E-state index is 14.2. The van der Waals surface area contributed by atoms with Crippen LogP contribution in [0.3, 0.4) is 0 Å². The zero-order chi connectivity index (χ0) is 44.8. The van der Waals surface area contributed by atoms with Gasteiger partial charge in [-0.05, 0) is 55.6 Å². The second-order valence-corrected chi connectivity index (χ2v) is 14.3. The predicted molar refractivity (Wildman–Crippen MR) is 198 cm³/mol. The van der Waals surface area contributed by atoms with E-state index in [1.807, 2.05) is 27.7 Å². The Morgan fingerprint density at radius 2 is 1.23 bits per heavy atom. The molecule has 2 aromatic carbocycles. The molecule has 2 saturated heterocycles. The third-order valence-electron chi connectivity index (χ3n) is 8.68. The molecule has 2 aromatic rings. The number of Topliss-reactive ketones (excluding diaryl/α,β-unsaturated/α-hetero) is 1. The molecule has 52 heavy (non-hydrogen) atoms. The van der Waals surface area contributed by atoms with Gasteiger partial charge in [-0.2, -0.15) is 0 Å². The second-order valence-electron chi connectivity index (χ2n) is 14.3. The Morgan fingerprint density at radius 1 is 0.731 bits per heavy atom. The van der Waals surface area contributed by atoms with Crippen LogP contribution in [-0.4, -0.2) is 103 Å². The average molecular weight is 728 g/mol. The van der Waals surface area contributed by atoms with Crippen molar-refractivity contribution in [2.45, 2.75) is 96.5 Å². The fraction of sp³-hybridized carbons (Fsp3) is 0.575. The van der Waals surface area contributed by atoms with E-state index < -0.39 is 86.1 Å². The van der Waals surface area contributed by atoms with Gasteiger partial charge in [0.25, 0.3) is 0 Å². The number of carbonyl (C=O) groups is 5. The van der Waals surface area contributed by atoms with Crippen molar-refractivity contribution in [3.8, 4) is 0 Å². The maximum Gasteiger partial charge on any atom is 0.243 e. The Balaban J connectivity index is 1.59. The van der Waals surface area contributed by atoms with E-state index in [2.05, 4.69) is 26.0 Å². The molecular weight excluding hydrogens is 662 g/mol. The molecule has 2 aliphatic rings. The number of epoxide rings is 1. The summed E-state index contributed by atoms with van der Waals surface area (Å²) in [6.07, 6.45) is 0.669. The van der Waals surface area contributed by atoms with Crippen LogP contribution in [0, 0.1) is 11.8 Å². The number of benzene rings is 2. The lowest BCUT2D eigenvalue weighted by molar-refractivity contribution is -0.135. The number of ether oxygens (including phenoxy) is 2. The van der Waals surface area contributed by atoms with Gasteiger partial charge in [0, 0.05) is 24.9 Å². The summed E-state index contributed by atoms with van der Waals surface area (Å²) in [6.45, 7) is -5.29. The Hall–Kier alpha value is -4.13. The van der Waals surface area contributed by atoms with Gasteiger partial charge >= 0.3 is 0 Å². The highest BCUT2D eigenvalue weighted by atomic mass is 16.6. The molecule has 2 fully saturated rings. The van der Waals surface area contributed by atoms with Crippen molar-refractivity contribution in [3.05, 3.63) is 71.8 Å². The summed E-state index contributed by atoms with van der Waals surface area (Å²) >= 11 is 0. The van der Waals surface area contributed by atoms with Crippen LogP contribution >= 0.6 is 0 Å². The predicted octanol–water partition coefficient (Wildman–Crippen LogP) is 2.58. The number of nitrogens with one attached hydrogen (secondary N) is 4. The monoisotopic (exact) mass is 727 g/mol. The first-order valence-electron chi connectivity index (χ1n) is 21.7. The number of amides is 4. The molecule has 284 valence electrons. The van der Waals surface area contributed by atoms with Crippen LogP contribution < -0.4 is 21.3 Å². The van der Waals surface area contributed by atoms with Crippen molar-refractivity contribution in [1.29, 1.82) is 0 Å². The van der Waals surface area contributed by atoms with Crippen LogP contribution in [0.4, 0.5) is 0 Å². The molecule has 4 amide bonds. The van der Waals surface area contributed by atoms with Crippen molar-refractivity contribution in [1.82, 2.24) is 26.2 Å². The second kappa shape index (κ2) is 19.6. The minimum atomic E-state index is -3.38. The van der Waals surface area contributed by atoms with Crippen LogP contribution in [0.2, 0.25) is 0 Å². The van der Waals surface area contributed by atoms with Crippen LogP contribution in [0.1, 0.15) is 76.0 Å². The van der Waals surface area contributed by atoms with Crippen LogP contribution in [0.25, 0.3) is 0 Å². The van der Waals surface area contributed by atoms with Crippen LogP contribution in [0.5, 0.6) is 0 Å². The minimum Gasteiger partial charge on any atom is -0.379 e. The van der Waals surface area contributed by atoms with Crippen molar-refractivity contribution in [2.24, 2.45) is 11.8 Å².